The maximum Gasteiger partial charge on any atom is 0.346 e. The van der Waals surface area contributed by atoms with Crippen LogP contribution in [0, 0.1) is 5.41 Å². The number of cyclic esters (lactones) is 2. The monoisotopic (exact) mass is 282 g/mol. The summed E-state index contributed by atoms with van der Waals surface area (Å²) in [7, 11) is 0. The van der Waals surface area contributed by atoms with Crippen LogP contribution in [0.2, 0.25) is 0 Å². The normalized spacial score (nSPS) is 13.4. The van der Waals surface area contributed by atoms with Crippen molar-refractivity contribution in [1.29, 1.82) is 0 Å². The molecule has 1 aromatic rings. The Morgan fingerprint density at radius 3 is 1.60 bits per heavy atom. The van der Waals surface area contributed by atoms with Crippen molar-refractivity contribution in [3.8, 4) is 0 Å². The van der Waals surface area contributed by atoms with Crippen LogP contribution in [0.15, 0.2) is 24.3 Å². The Balaban J connectivity index is 0.000000206. The summed E-state index contributed by atoms with van der Waals surface area (Å²) in [4.78, 5) is 21.7. The van der Waals surface area contributed by atoms with Crippen LogP contribution < -0.4 is 0 Å². The number of benzene rings is 1. The van der Waals surface area contributed by atoms with E-state index in [4.69, 9.17) is 15.3 Å². The Hall–Kier alpha value is -1.76. The van der Waals surface area contributed by atoms with E-state index in [0.717, 1.165) is 0 Å². The van der Waals surface area contributed by atoms with E-state index in [1.807, 2.05) is 6.92 Å². The van der Waals surface area contributed by atoms with Crippen LogP contribution in [-0.2, 0) is 4.74 Å². The van der Waals surface area contributed by atoms with Gasteiger partial charge in [-0.2, -0.15) is 0 Å². The molecule has 1 aromatic carbocycles. The van der Waals surface area contributed by atoms with Crippen molar-refractivity contribution in [2.45, 2.75) is 13.3 Å². The molecule has 1 heterocycles. The predicted octanol–water partition coefficient (Wildman–Crippen LogP) is 0.357. The molecule has 6 nitrogen and oxygen atoms in total. The van der Waals surface area contributed by atoms with Crippen LogP contribution in [0.1, 0.15) is 34.1 Å². The highest BCUT2D eigenvalue weighted by atomic mass is 16.6. The molecule has 0 radical (unpaired) electrons. The summed E-state index contributed by atoms with van der Waals surface area (Å²) >= 11 is 0. The van der Waals surface area contributed by atoms with Crippen molar-refractivity contribution in [2.24, 2.45) is 5.41 Å². The van der Waals surface area contributed by atoms with Gasteiger partial charge in [-0.3, -0.25) is 0 Å². The number of carbonyl (C=O) groups is 2. The third-order valence-electron chi connectivity index (χ3n) is 3.31. The van der Waals surface area contributed by atoms with Gasteiger partial charge in [0, 0.05) is 5.41 Å². The number of fused-ring (bicyclic) bond motifs is 1. The average Bonchev–Trinajstić information content (AvgIpc) is 2.79. The molecule has 110 valence electrons. The van der Waals surface area contributed by atoms with Gasteiger partial charge in [0.2, 0.25) is 0 Å². The van der Waals surface area contributed by atoms with E-state index in [1.54, 1.807) is 24.3 Å². The van der Waals surface area contributed by atoms with Gasteiger partial charge in [0.25, 0.3) is 0 Å². The van der Waals surface area contributed by atoms with Gasteiger partial charge in [-0.1, -0.05) is 19.1 Å². The Morgan fingerprint density at radius 2 is 1.35 bits per heavy atom. The topological polar surface area (TPSA) is 104 Å². The molecule has 0 aliphatic carbocycles. The summed E-state index contributed by atoms with van der Waals surface area (Å²) in [6, 6.07) is 6.53. The largest absolute Gasteiger partial charge is 0.396 e. The lowest BCUT2D eigenvalue weighted by Crippen LogP contribution is -2.32. The Morgan fingerprint density at radius 1 is 0.950 bits per heavy atom. The summed E-state index contributed by atoms with van der Waals surface area (Å²) in [5.41, 5.74) is 0.0509. The smallest absolute Gasteiger partial charge is 0.346 e. The lowest BCUT2D eigenvalue weighted by atomic mass is 9.88. The molecule has 0 fully saturated rings. The van der Waals surface area contributed by atoms with E-state index in [2.05, 4.69) is 4.74 Å². The Labute approximate surface area is 116 Å². The molecule has 0 atom stereocenters. The zero-order valence-corrected chi connectivity index (χ0v) is 11.2. The Kier molecular flexibility index (Phi) is 5.82. The lowest BCUT2D eigenvalue weighted by Gasteiger charge is -2.24. The molecule has 0 amide bonds. The molecule has 0 bridgehead atoms. The van der Waals surface area contributed by atoms with E-state index in [1.165, 1.54) is 0 Å². The molecule has 0 saturated carbocycles. The quantitative estimate of drug-likeness (QED) is 0.544. The van der Waals surface area contributed by atoms with Gasteiger partial charge in [-0.25, -0.2) is 9.59 Å². The fraction of sp³-hybridized carbons (Fsp3) is 0.429. The van der Waals surface area contributed by atoms with Crippen LogP contribution in [0.5, 0.6) is 0 Å². The first-order valence-electron chi connectivity index (χ1n) is 6.21. The van der Waals surface area contributed by atoms with Crippen molar-refractivity contribution in [3.63, 3.8) is 0 Å². The van der Waals surface area contributed by atoms with Crippen molar-refractivity contribution < 1.29 is 29.6 Å². The molecule has 1 aliphatic rings. The summed E-state index contributed by atoms with van der Waals surface area (Å²) in [6.45, 7) is 1.35. The van der Waals surface area contributed by atoms with Crippen LogP contribution in [-0.4, -0.2) is 47.1 Å². The fourth-order valence-corrected chi connectivity index (χ4v) is 1.52. The standard InChI is InChI=1S/C8H4O3.C6H14O3/c9-7-5-3-1-2-4-6(5)8(10)11-7;1-2-6(3-7,4-8)5-9/h1-4H;7-9H,2-5H2,1H3. The SMILES string of the molecule is CCC(CO)(CO)CO.O=C1OC(=O)c2ccccc21. The molecule has 0 aromatic heterocycles. The van der Waals surface area contributed by atoms with Crippen molar-refractivity contribution >= 4 is 11.9 Å². The fourth-order valence-electron chi connectivity index (χ4n) is 1.52. The minimum atomic E-state index is -0.667. The minimum Gasteiger partial charge on any atom is -0.396 e. The first-order valence-corrected chi connectivity index (χ1v) is 6.21. The van der Waals surface area contributed by atoms with E-state index in [0.29, 0.717) is 17.5 Å². The summed E-state index contributed by atoms with van der Waals surface area (Å²) in [6.07, 6.45) is 0.594. The summed E-state index contributed by atoms with van der Waals surface area (Å²) in [5, 5.41) is 26.0. The maximum absolute atomic E-state index is 10.8. The zero-order chi connectivity index (χ0) is 15.2. The first kappa shape index (κ1) is 16.3. The van der Waals surface area contributed by atoms with Crippen LogP contribution >= 0.6 is 0 Å². The molecule has 20 heavy (non-hydrogen) atoms. The third kappa shape index (κ3) is 3.41. The molecule has 2 rings (SSSR count). The van der Waals surface area contributed by atoms with E-state index in [-0.39, 0.29) is 19.8 Å². The molecule has 0 saturated heterocycles. The van der Waals surface area contributed by atoms with Crippen LogP contribution in [0.3, 0.4) is 0 Å². The van der Waals surface area contributed by atoms with E-state index in [9.17, 15) is 9.59 Å². The number of hydrogen-bond acceptors (Lipinski definition) is 6. The molecule has 1 aliphatic heterocycles. The van der Waals surface area contributed by atoms with Crippen molar-refractivity contribution in [1.82, 2.24) is 0 Å². The average molecular weight is 282 g/mol. The molecular weight excluding hydrogens is 264 g/mol. The summed E-state index contributed by atoms with van der Waals surface area (Å²) in [5.74, 6) is -1.10. The second-order valence-corrected chi connectivity index (χ2v) is 4.55. The highest BCUT2D eigenvalue weighted by Crippen LogP contribution is 2.19. The van der Waals surface area contributed by atoms with Gasteiger partial charge in [0.15, 0.2) is 0 Å². The highest BCUT2D eigenvalue weighted by molar-refractivity contribution is 6.14. The third-order valence-corrected chi connectivity index (χ3v) is 3.31. The van der Waals surface area contributed by atoms with Gasteiger partial charge < -0.3 is 20.1 Å². The summed E-state index contributed by atoms with van der Waals surface area (Å²) < 4.78 is 4.35. The van der Waals surface area contributed by atoms with Gasteiger partial charge in [0.1, 0.15) is 0 Å². The van der Waals surface area contributed by atoms with Crippen molar-refractivity contribution in [3.05, 3.63) is 35.4 Å². The number of aliphatic hydroxyl groups excluding tert-OH is 3. The maximum atomic E-state index is 10.8. The first-order chi connectivity index (χ1) is 9.53. The van der Waals surface area contributed by atoms with Crippen LogP contribution in [0.25, 0.3) is 0 Å². The molecule has 6 heteroatoms. The van der Waals surface area contributed by atoms with Gasteiger partial charge in [0.05, 0.1) is 30.9 Å². The molecule has 0 unspecified atom stereocenters. The number of hydrogen-bond donors (Lipinski definition) is 3. The molecule has 0 spiro atoms. The molecular formula is C14H18O6. The molecule has 3 N–H and O–H groups in total. The van der Waals surface area contributed by atoms with Gasteiger partial charge >= 0.3 is 11.9 Å². The lowest BCUT2D eigenvalue weighted by molar-refractivity contribution is 0.00303. The minimum absolute atomic E-state index is 0.156. The second-order valence-electron chi connectivity index (χ2n) is 4.55. The predicted molar refractivity (Wildman–Crippen MR) is 70.2 cm³/mol. The number of ether oxygens (including phenoxy) is 1. The van der Waals surface area contributed by atoms with E-state index >= 15 is 0 Å². The van der Waals surface area contributed by atoms with Crippen molar-refractivity contribution in [2.75, 3.05) is 19.8 Å². The zero-order valence-electron chi connectivity index (χ0n) is 11.2. The number of rotatable bonds is 4. The second kappa shape index (κ2) is 7.14. The van der Waals surface area contributed by atoms with Crippen LogP contribution in [0.4, 0.5) is 0 Å². The highest BCUT2D eigenvalue weighted by Gasteiger charge is 2.28. The van der Waals surface area contributed by atoms with Gasteiger partial charge in [-0.15, -0.1) is 0 Å². The van der Waals surface area contributed by atoms with Gasteiger partial charge in [-0.05, 0) is 18.6 Å². The Bertz CT molecular complexity index is 428. The number of aliphatic hydroxyl groups is 3. The number of carbonyl (C=O) groups excluding carboxylic acids is 2. The number of esters is 2. The van der Waals surface area contributed by atoms with E-state index < -0.39 is 17.4 Å².